The van der Waals surface area contributed by atoms with Crippen LogP contribution in [0, 0.1) is 5.92 Å². The van der Waals surface area contributed by atoms with Crippen LogP contribution in [0.15, 0.2) is 0 Å². The minimum absolute atomic E-state index is 0.0556. The lowest BCUT2D eigenvalue weighted by Gasteiger charge is -2.30. The Morgan fingerprint density at radius 2 is 2.22 bits per heavy atom. The van der Waals surface area contributed by atoms with Crippen molar-refractivity contribution in [2.24, 2.45) is 5.92 Å². The Hall–Kier alpha value is -0.650. The third-order valence-electron chi connectivity index (χ3n) is 4.05. The first-order chi connectivity index (χ1) is 8.49. The average molecular weight is 255 g/mol. The summed E-state index contributed by atoms with van der Waals surface area (Å²) in [5, 5.41) is 13.1. The Bertz CT molecular complexity index is 309. The molecule has 0 aromatic heterocycles. The number of likely N-dealkylation sites (N-methyl/N-ethyl adjacent to an activating group) is 1. The van der Waals surface area contributed by atoms with E-state index in [-0.39, 0.29) is 24.1 Å². The number of hydrogen-bond donors (Lipinski definition) is 2. The predicted molar refractivity (Wildman–Crippen MR) is 70.3 cm³/mol. The van der Waals surface area contributed by atoms with Gasteiger partial charge in [0.1, 0.15) is 0 Å². The number of nitrogens with one attached hydrogen (secondary N) is 1. The monoisotopic (exact) mass is 255 g/mol. The minimum Gasteiger partial charge on any atom is -0.391 e. The van der Waals surface area contributed by atoms with E-state index in [1.54, 1.807) is 0 Å². The third-order valence-corrected chi connectivity index (χ3v) is 4.05. The van der Waals surface area contributed by atoms with Crippen LogP contribution in [0.2, 0.25) is 0 Å². The molecular formula is C13H25N3O2. The number of aliphatic hydroxyl groups is 1. The summed E-state index contributed by atoms with van der Waals surface area (Å²) in [7, 11) is 4.01. The number of β-amino-alcohol motifs (C(OH)–C–C–N with tert-alkyl or cyclic N) is 1. The summed E-state index contributed by atoms with van der Waals surface area (Å²) in [6, 6.07) is 0.0945. The van der Waals surface area contributed by atoms with Gasteiger partial charge >= 0.3 is 0 Å². The maximum Gasteiger partial charge on any atom is 0.240 e. The molecule has 104 valence electrons. The van der Waals surface area contributed by atoms with Crippen LogP contribution in [0.4, 0.5) is 0 Å². The molecule has 0 bridgehead atoms. The largest absolute Gasteiger partial charge is 0.391 e. The van der Waals surface area contributed by atoms with E-state index >= 15 is 0 Å². The molecule has 2 saturated heterocycles. The van der Waals surface area contributed by atoms with Crippen LogP contribution in [-0.4, -0.2) is 72.7 Å². The number of carbonyl (C=O) groups is 1. The van der Waals surface area contributed by atoms with Crippen LogP contribution in [-0.2, 0) is 4.79 Å². The summed E-state index contributed by atoms with van der Waals surface area (Å²) in [5.74, 6) is 0.568. The topological polar surface area (TPSA) is 55.8 Å². The Morgan fingerprint density at radius 1 is 1.50 bits per heavy atom. The molecule has 2 aliphatic rings. The molecule has 0 spiro atoms. The zero-order chi connectivity index (χ0) is 13.3. The number of hydrogen-bond acceptors (Lipinski definition) is 4. The van der Waals surface area contributed by atoms with Crippen molar-refractivity contribution < 1.29 is 9.90 Å². The van der Waals surface area contributed by atoms with Crippen LogP contribution in [0.1, 0.15) is 19.8 Å². The lowest BCUT2D eigenvalue weighted by atomic mass is 10.0. The molecule has 0 aromatic carbocycles. The molecule has 5 heteroatoms. The second-order valence-corrected chi connectivity index (χ2v) is 5.99. The SMILES string of the molecule is CC1CCNC1C(=O)N1CC(O)CC1CN(C)C. The number of likely N-dealkylation sites (tertiary alicyclic amines) is 1. The highest BCUT2D eigenvalue weighted by Gasteiger charge is 2.40. The second-order valence-electron chi connectivity index (χ2n) is 5.99. The highest BCUT2D eigenvalue weighted by molar-refractivity contribution is 5.83. The maximum absolute atomic E-state index is 12.5. The van der Waals surface area contributed by atoms with Crippen molar-refractivity contribution in [2.45, 2.75) is 38.0 Å². The smallest absolute Gasteiger partial charge is 0.240 e. The zero-order valence-electron chi connectivity index (χ0n) is 11.6. The number of aliphatic hydroxyl groups excluding tert-OH is 1. The molecule has 0 aromatic rings. The summed E-state index contributed by atoms with van der Waals surface area (Å²) in [6.45, 7) is 4.36. The number of amides is 1. The summed E-state index contributed by atoms with van der Waals surface area (Å²) >= 11 is 0. The molecule has 1 amide bonds. The van der Waals surface area contributed by atoms with Crippen molar-refractivity contribution in [2.75, 3.05) is 33.7 Å². The van der Waals surface area contributed by atoms with E-state index in [9.17, 15) is 9.90 Å². The van der Waals surface area contributed by atoms with E-state index < -0.39 is 0 Å². The standard InChI is InChI=1S/C13H25N3O2/c1-9-4-5-14-12(9)13(18)16-8-11(17)6-10(16)7-15(2)3/h9-12,14,17H,4-8H2,1-3H3. The molecule has 0 saturated carbocycles. The summed E-state index contributed by atoms with van der Waals surface area (Å²) in [4.78, 5) is 16.5. The van der Waals surface area contributed by atoms with Crippen LogP contribution >= 0.6 is 0 Å². The van der Waals surface area contributed by atoms with Gasteiger partial charge < -0.3 is 20.2 Å². The molecule has 4 unspecified atom stereocenters. The van der Waals surface area contributed by atoms with E-state index in [1.807, 2.05) is 19.0 Å². The Morgan fingerprint density at radius 3 is 2.78 bits per heavy atom. The quantitative estimate of drug-likeness (QED) is 0.714. The molecule has 2 N–H and O–H groups in total. The molecule has 18 heavy (non-hydrogen) atoms. The van der Waals surface area contributed by atoms with Crippen molar-refractivity contribution in [3.05, 3.63) is 0 Å². The van der Waals surface area contributed by atoms with Gasteiger partial charge in [0.05, 0.1) is 12.1 Å². The Kier molecular flexibility index (Phi) is 4.25. The first kappa shape index (κ1) is 13.8. The third kappa shape index (κ3) is 2.84. The lowest BCUT2D eigenvalue weighted by molar-refractivity contribution is -0.135. The van der Waals surface area contributed by atoms with E-state index in [1.165, 1.54) is 0 Å². The molecular weight excluding hydrogens is 230 g/mol. The van der Waals surface area contributed by atoms with Crippen molar-refractivity contribution >= 4 is 5.91 Å². The van der Waals surface area contributed by atoms with Crippen molar-refractivity contribution in [1.29, 1.82) is 0 Å². The number of rotatable bonds is 3. The van der Waals surface area contributed by atoms with Gasteiger partial charge in [0, 0.05) is 19.1 Å². The van der Waals surface area contributed by atoms with Crippen molar-refractivity contribution in [3.8, 4) is 0 Å². The average Bonchev–Trinajstić information content (AvgIpc) is 2.83. The number of carbonyl (C=O) groups excluding carboxylic acids is 1. The highest BCUT2D eigenvalue weighted by atomic mass is 16.3. The van der Waals surface area contributed by atoms with Gasteiger partial charge in [-0.2, -0.15) is 0 Å². The van der Waals surface area contributed by atoms with Gasteiger partial charge in [0.2, 0.25) is 5.91 Å². The Balaban J connectivity index is 2.03. The molecule has 2 rings (SSSR count). The molecule has 5 nitrogen and oxygen atoms in total. The van der Waals surface area contributed by atoms with Crippen molar-refractivity contribution in [1.82, 2.24) is 15.1 Å². The first-order valence-electron chi connectivity index (χ1n) is 6.85. The van der Waals surface area contributed by atoms with E-state index in [4.69, 9.17) is 0 Å². The van der Waals surface area contributed by atoms with Crippen LogP contribution in [0.3, 0.4) is 0 Å². The van der Waals surface area contributed by atoms with E-state index in [2.05, 4.69) is 17.1 Å². The van der Waals surface area contributed by atoms with Gasteiger partial charge in [-0.15, -0.1) is 0 Å². The normalized spacial score (nSPS) is 36.6. The molecule has 4 atom stereocenters. The summed E-state index contributed by atoms with van der Waals surface area (Å²) < 4.78 is 0. The van der Waals surface area contributed by atoms with Gasteiger partial charge in [0.25, 0.3) is 0 Å². The van der Waals surface area contributed by atoms with Gasteiger partial charge in [-0.05, 0) is 39.4 Å². The maximum atomic E-state index is 12.5. The van der Waals surface area contributed by atoms with Gasteiger partial charge in [0.15, 0.2) is 0 Å². The van der Waals surface area contributed by atoms with Crippen LogP contribution in [0.5, 0.6) is 0 Å². The predicted octanol–water partition coefficient (Wildman–Crippen LogP) is -0.492. The van der Waals surface area contributed by atoms with E-state index in [0.29, 0.717) is 18.9 Å². The first-order valence-corrected chi connectivity index (χ1v) is 6.85. The fraction of sp³-hybridized carbons (Fsp3) is 0.923. The lowest BCUT2D eigenvalue weighted by Crippen LogP contribution is -2.50. The summed E-state index contributed by atoms with van der Waals surface area (Å²) in [5.41, 5.74) is 0. The second kappa shape index (κ2) is 5.55. The van der Waals surface area contributed by atoms with E-state index in [0.717, 1.165) is 19.5 Å². The fourth-order valence-electron chi connectivity index (χ4n) is 3.10. The highest BCUT2D eigenvalue weighted by Crippen LogP contribution is 2.23. The van der Waals surface area contributed by atoms with Gasteiger partial charge in [-0.25, -0.2) is 0 Å². The molecule has 2 fully saturated rings. The van der Waals surface area contributed by atoms with Gasteiger partial charge in [-0.1, -0.05) is 6.92 Å². The Labute approximate surface area is 109 Å². The fourth-order valence-corrected chi connectivity index (χ4v) is 3.10. The molecule has 0 aliphatic carbocycles. The van der Waals surface area contributed by atoms with Gasteiger partial charge in [-0.3, -0.25) is 4.79 Å². The summed E-state index contributed by atoms with van der Waals surface area (Å²) in [6.07, 6.45) is 1.39. The molecule has 2 aliphatic heterocycles. The van der Waals surface area contributed by atoms with Crippen LogP contribution < -0.4 is 5.32 Å². The minimum atomic E-state index is -0.365. The zero-order valence-corrected chi connectivity index (χ0v) is 11.6. The molecule has 0 radical (unpaired) electrons. The molecule has 2 heterocycles. The van der Waals surface area contributed by atoms with Crippen molar-refractivity contribution in [3.63, 3.8) is 0 Å². The van der Waals surface area contributed by atoms with Crippen LogP contribution in [0.25, 0.3) is 0 Å². The number of nitrogens with zero attached hydrogens (tertiary/aromatic N) is 2.